The van der Waals surface area contributed by atoms with E-state index in [0.29, 0.717) is 13.0 Å². The van der Waals surface area contributed by atoms with Crippen LogP contribution in [-0.4, -0.2) is 28.4 Å². The molecule has 3 nitrogen and oxygen atoms in total. The molecule has 1 atom stereocenters. The summed E-state index contributed by atoms with van der Waals surface area (Å²) in [7, 11) is 0. The molecule has 0 aliphatic carbocycles. The average Bonchev–Trinajstić information content (AvgIpc) is 2.38. The highest BCUT2D eigenvalue weighted by Gasteiger charge is 2.35. The van der Waals surface area contributed by atoms with Crippen molar-refractivity contribution in [3.63, 3.8) is 0 Å². The molecule has 4 heteroatoms. The number of rotatable bonds is 7. The fourth-order valence-electron chi connectivity index (χ4n) is 2.22. The Labute approximate surface area is 118 Å². The second-order valence-electron chi connectivity index (χ2n) is 4.39. The van der Waals surface area contributed by atoms with Gasteiger partial charge in [-0.25, -0.2) is 0 Å². The van der Waals surface area contributed by atoms with Gasteiger partial charge >= 0.3 is 0 Å². The van der Waals surface area contributed by atoms with E-state index in [2.05, 4.69) is 34.8 Å². The van der Waals surface area contributed by atoms with Gasteiger partial charge in [0.2, 0.25) is 0 Å². The van der Waals surface area contributed by atoms with Gasteiger partial charge in [-0.2, -0.15) is 0 Å². The van der Waals surface area contributed by atoms with Gasteiger partial charge in [0.1, 0.15) is 0 Å². The fourth-order valence-corrected chi connectivity index (χ4v) is 2.45. The van der Waals surface area contributed by atoms with Gasteiger partial charge in [0, 0.05) is 29.4 Å². The molecule has 0 amide bonds. The topological polar surface area (TPSA) is 42.4 Å². The minimum Gasteiger partial charge on any atom is -0.390 e. The molecule has 1 aromatic heterocycles. The molecule has 1 aromatic rings. The Morgan fingerprint density at radius 1 is 1.33 bits per heavy atom. The van der Waals surface area contributed by atoms with Gasteiger partial charge in [-0.1, -0.05) is 13.8 Å². The Hall–Kier alpha value is -0.450. The number of ether oxygens (including phenoxy) is 1. The van der Waals surface area contributed by atoms with E-state index in [1.54, 1.807) is 6.20 Å². The number of nitrogens with zero attached hydrogens (tertiary/aromatic N) is 1. The van der Waals surface area contributed by atoms with Crippen LogP contribution in [0.15, 0.2) is 22.8 Å². The standard InChI is InChI=1S/C14H22BrNO2/c1-4-14(5-2,18-6-3)13(17)9-12-8-7-11(15)10-16-12/h7-8,10,13,17H,4-6,9H2,1-3H3. The molecule has 0 aliphatic heterocycles. The number of aromatic nitrogens is 1. The van der Waals surface area contributed by atoms with Crippen LogP contribution in [0.2, 0.25) is 0 Å². The van der Waals surface area contributed by atoms with Crippen molar-refractivity contribution in [3.05, 3.63) is 28.5 Å². The normalized spacial score (nSPS) is 13.6. The third kappa shape index (κ3) is 3.77. The van der Waals surface area contributed by atoms with E-state index in [1.165, 1.54) is 0 Å². The molecule has 0 bridgehead atoms. The highest BCUT2D eigenvalue weighted by molar-refractivity contribution is 9.10. The first kappa shape index (κ1) is 15.6. The summed E-state index contributed by atoms with van der Waals surface area (Å²) in [5, 5.41) is 10.4. The molecule has 0 saturated carbocycles. The van der Waals surface area contributed by atoms with Crippen LogP contribution >= 0.6 is 15.9 Å². The van der Waals surface area contributed by atoms with E-state index in [0.717, 1.165) is 23.0 Å². The molecule has 1 heterocycles. The van der Waals surface area contributed by atoms with E-state index in [9.17, 15) is 5.11 Å². The van der Waals surface area contributed by atoms with E-state index >= 15 is 0 Å². The molecule has 0 fully saturated rings. The van der Waals surface area contributed by atoms with E-state index in [1.807, 2.05) is 19.1 Å². The number of pyridine rings is 1. The Bertz CT molecular complexity index is 349. The lowest BCUT2D eigenvalue weighted by atomic mass is 9.87. The Kier molecular flexibility index (Phi) is 6.26. The van der Waals surface area contributed by atoms with Crippen LogP contribution in [0.4, 0.5) is 0 Å². The second-order valence-corrected chi connectivity index (χ2v) is 5.31. The number of hydrogen-bond acceptors (Lipinski definition) is 3. The maximum atomic E-state index is 10.4. The molecule has 1 rings (SSSR count). The summed E-state index contributed by atoms with van der Waals surface area (Å²) in [5.41, 5.74) is 0.431. The minimum atomic E-state index is -0.527. The monoisotopic (exact) mass is 315 g/mol. The van der Waals surface area contributed by atoms with Crippen molar-refractivity contribution in [1.82, 2.24) is 4.98 Å². The van der Waals surface area contributed by atoms with Gasteiger partial charge in [0.25, 0.3) is 0 Å². The van der Waals surface area contributed by atoms with Crippen LogP contribution < -0.4 is 0 Å². The van der Waals surface area contributed by atoms with Crippen molar-refractivity contribution < 1.29 is 9.84 Å². The average molecular weight is 316 g/mol. The summed E-state index contributed by atoms with van der Waals surface area (Å²) in [6.45, 7) is 6.69. The SMILES string of the molecule is CCOC(CC)(CC)C(O)Cc1ccc(Br)cn1. The summed E-state index contributed by atoms with van der Waals surface area (Å²) >= 11 is 3.35. The zero-order valence-electron chi connectivity index (χ0n) is 11.3. The predicted molar refractivity (Wildman–Crippen MR) is 76.6 cm³/mol. The summed E-state index contributed by atoms with van der Waals surface area (Å²) in [4.78, 5) is 4.30. The molecule has 1 N–H and O–H groups in total. The highest BCUT2D eigenvalue weighted by Crippen LogP contribution is 2.27. The first-order chi connectivity index (χ1) is 8.57. The van der Waals surface area contributed by atoms with Gasteiger partial charge in [-0.05, 0) is 47.8 Å². The lowest BCUT2D eigenvalue weighted by Crippen LogP contribution is -2.45. The van der Waals surface area contributed by atoms with Gasteiger partial charge in [-0.3, -0.25) is 4.98 Å². The van der Waals surface area contributed by atoms with Gasteiger partial charge < -0.3 is 9.84 Å². The van der Waals surface area contributed by atoms with Crippen LogP contribution in [0.1, 0.15) is 39.3 Å². The lowest BCUT2D eigenvalue weighted by molar-refractivity contribution is -0.124. The summed E-state index contributed by atoms with van der Waals surface area (Å²) in [5.74, 6) is 0. The van der Waals surface area contributed by atoms with Gasteiger partial charge in [-0.15, -0.1) is 0 Å². The fraction of sp³-hybridized carbons (Fsp3) is 0.643. The number of halogens is 1. The zero-order chi connectivity index (χ0) is 13.6. The molecular formula is C14H22BrNO2. The molecule has 0 spiro atoms. The summed E-state index contributed by atoms with van der Waals surface area (Å²) in [6.07, 6.45) is 3.35. The minimum absolute atomic E-state index is 0.455. The van der Waals surface area contributed by atoms with E-state index in [4.69, 9.17) is 4.74 Å². The largest absolute Gasteiger partial charge is 0.390 e. The van der Waals surface area contributed by atoms with Crippen LogP contribution in [0.5, 0.6) is 0 Å². The Balaban J connectivity index is 2.77. The predicted octanol–water partition coefficient (Wildman–Crippen LogP) is 3.34. The van der Waals surface area contributed by atoms with Crippen molar-refractivity contribution in [2.24, 2.45) is 0 Å². The smallest absolute Gasteiger partial charge is 0.0938 e. The van der Waals surface area contributed by atoms with Crippen molar-refractivity contribution in [2.45, 2.75) is 51.7 Å². The van der Waals surface area contributed by atoms with Crippen LogP contribution in [0, 0.1) is 0 Å². The van der Waals surface area contributed by atoms with Crippen molar-refractivity contribution >= 4 is 15.9 Å². The quantitative estimate of drug-likeness (QED) is 0.839. The second kappa shape index (κ2) is 7.22. The molecular weight excluding hydrogens is 294 g/mol. The molecule has 1 unspecified atom stereocenters. The molecule has 0 aliphatic rings. The molecule has 102 valence electrons. The molecule has 0 aromatic carbocycles. The van der Waals surface area contributed by atoms with Gasteiger partial charge in [0.05, 0.1) is 11.7 Å². The van der Waals surface area contributed by atoms with Crippen LogP contribution in [0.3, 0.4) is 0 Å². The third-order valence-corrected chi connectivity index (χ3v) is 3.90. The first-order valence-corrected chi connectivity index (χ1v) is 7.29. The number of hydrogen-bond donors (Lipinski definition) is 1. The van der Waals surface area contributed by atoms with E-state index in [-0.39, 0.29) is 0 Å². The lowest BCUT2D eigenvalue weighted by Gasteiger charge is -2.36. The van der Waals surface area contributed by atoms with Gasteiger partial charge in [0.15, 0.2) is 0 Å². The van der Waals surface area contributed by atoms with Crippen LogP contribution in [0.25, 0.3) is 0 Å². The Morgan fingerprint density at radius 3 is 2.44 bits per heavy atom. The maximum absolute atomic E-state index is 10.4. The highest BCUT2D eigenvalue weighted by atomic mass is 79.9. The summed E-state index contributed by atoms with van der Waals surface area (Å²) in [6, 6.07) is 3.87. The molecule has 0 saturated heterocycles. The van der Waals surface area contributed by atoms with Crippen molar-refractivity contribution in [2.75, 3.05) is 6.61 Å². The van der Waals surface area contributed by atoms with Crippen molar-refractivity contribution in [1.29, 1.82) is 0 Å². The first-order valence-electron chi connectivity index (χ1n) is 6.50. The zero-order valence-corrected chi connectivity index (χ0v) is 12.9. The van der Waals surface area contributed by atoms with Crippen molar-refractivity contribution in [3.8, 4) is 0 Å². The summed E-state index contributed by atoms with van der Waals surface area (Å²) < 4.78 is 6.75. The molecule has 0 radical (unpaired) electrons. The van der Waals surface area contributed by atoms with E-state index < -0.39 is 11.7 Å². The number of aliphatic hydroxyl groups excluding tert-OH is 1. The van der Waals surface area contributed by atoms with Crippen LogP contribution in [-0.2, 0) is 11.2 Å². The molecule has 18 heavy (non-hydrogen) atoms. The number of aliphatic hydroxyl groups is 1. The Morgan fingerprint density at radius 2 is 2.00 bits per heavy atom. The third-order valence-electron chi connectivity index (χ3n) is 3.43. The maximum Gasteiger partial charge on any atom is 0.0938 e.